The van der Waals surface area contributed by atoms with Crippen LogP contribution in [0.2, 0.25) is 0 Å². The largest absolute Gasteiger partial charge is 0.480 e. The van der Waals surface area contributed by atoms with E-state index in [4.69, 9.17) is 0 Å². The number of H-pyrrole nitrogens is 2. The van der Waals surface area contributed by atoms with E-state index < -0.39 is 12.0 Å². The first kappa shape index (κ1) is 17.9. The Labute approximate surface area is 161 Å². The SMILES string of the molecule is O=C(CCc1c[nH]c2ccccc12)N[C@@H](Cc1c[nH]c2ccccc12)C(=O)O. The molecule has 4 rings (SSSR count). The van der Waals surface area contributed by atoms with Crippen LogP contribution in [0.25, 0.3) is 21.8 Å². The Kier molecular flexibility index (Phi) is 4.85. The van der Waals surface area contributed by atoms with Crippen molar-refractivity contribution in [3.05, 3.63) is 72.1 Å². The molecule has 0 aliphatic heterocycles. The third kappa shape index (κ3) is 3.62. The lowest BCUT2D eigenvalue weighted by Gasteiger charge is -2.14. The lowest BCUT2D eigenvalue weighted by molar-refractivity contribution is -0.141. The number of rotatable bonds is 7. The van der Waals surface area contributed by atoms with Crippen LogP contribution in [-0.4, -0.2) is 33.0 Å². The van der Waals surface area contributed by atoms with Gasteiger partial charge in [-0.25, -0.2) is 4.79 Å². The van der Waals surface area contributed by atoms with Gasteiger partial charge in [0.2, 0.25) is 5.91 Å². The number of aliphatic carboxylic acids is 1. The highest BCUT2D eigenvalue weighted by atomic mass is 16.4. The lowest BCUT2D eigenvalue weighted by Crippen LogP contribution is -2.42. The van der Waals surface area contributed by atoms with Crippen LogP contribution in [0, 0.1) is 0 Å². The van der Waals surface area contributed by atoms with Gasteiger partial charge in [0.25, 0.3) is 0 Å². The van der Waals surface area contributed by atoms with Gasteiger partial charge in [-0.05, 0) is 29.7 Å². The molecule has 0 bridgehead atoms. The number of hydrogen-bond donors (Lipinski definition) is 4. The Morgan fingerprint density at radius 1 is 0.893 bits per heavy atom. The summed E-state index contributed by atoms with van der Waals surface area (Å²) in [5.41, 5.74) is 3.90. The molecular formula is C22H21N3O3. The molecule has 1 amide bonds. The summed E-state index contributed by atoms with van der Waals surface area (Å²) in [5, 5.41) is 14.3. The molecule has 2 heterocycles. The van der Waals surface area contributed by atoms with Gasteiger partial charge in [-0.1, -0.05) is 36.4 Å². The molecular weight excluding hydrogens is 354 g/mol. The van der Waals surface area contributed by atoms with Crippen LogP contribution >= 0.6 is 0 Å². The second-order valence-electron chi connectivity index (χ2n) is 6.88. The summed E-state index contributed by atoms with van der Waals surface area (Å²) >= 11 is 0. The topological polar surface area (TPSA) is 98.0 Å². The molecule has 2 aromatic heterocycles. The van der Waals surface area contributed by atoms with Crippen molar-refractivity contribution in [1.29, 1.82) is 0 Å². The average molecular weight is 375 g/mol. The van der Waals surface area contributed by atoms with Crippen molar-refractivity contribution in [3.8, 4) is 0 Å². The van der Waals surface area contributed by atoms with E-state index in [-0.39, 0.29) is 18.7 Å². The number of carboxylic acid groups (broad SMARTS) is 1. The maximum atomic E-state index is 12.4. The first-order chi connectivity index (χ1) is 13.6. The predicted molar refractivity (Wildman–Crippen MR) is 108 cm³/mol. The Balaban J connectivity index is 1.41. The van der Waals surface area contributed by atoms with Crippen LogP contribution in [0.4, 0.5) is 0 Å². The smallest absolute Gasteiger partial charge is 0.326 e. The van der Waals surface area contributed by atoms with Crippen LogP contribution in [0.1, 0.15) is 17.5 Å². The molecule has 0 aliphatic rings. The second kappa shape index (κ2) is 7.60. The second-order valence-corrected chi connectivity index (χ2v) is 6.88. The summed E-state index contributed by atoms with van der Waals surface area (Å²) in [6, 6.07) is 14.7. The van der Waals surface area contributed by atoms with E-state index in [1.54, 1.807) is 6.20 Å². The Morgan fingerprint density at radius 3 is 2.11 bits per heavy atom. The van der Waals surface area contributed by atoms with Crippen LogP contribution < -0.4 is 5.32 Å². The minimum Gasteiger partial charge on any atom is -0.480 e. The van der Waals surface area contributed by atoms with E-state index in [0.717, 1.165) is 32.9 Å². The summed E-state index contributed by atoms with van der Waals surface area (Å²) in [6.07, 6.45) is 4.73. The molecule has 142 valence electrons. The standard InChI is InChI=1S/C22H21N3O3/c26-21(10-9-14-12-23-18-7-3-1-5-16(14)18)25-20(22(27)28)11-15-13-24-19-8-4-2-6-17(15)19/h1-8,12-13,20,23-24H,9-11H2,(H,25,26)(H,27,28)/t20-/m0/s1. The fourth-order valence-corrected chi connectivity index (χ4v) is 3.57. The zero-order chi connectivity index (χ0) is 19.5. The Bertz CT molecular complexity index is 1140. The first-order valence-electron chi connectivity index (χ1n) is 9.24. The minimum atomic E-state index is -1.04. The van der Waals surface area contributed by atoms with Gasteiger partial charge in [0.05, 0.1) is 0 Å². The number of aromatic amines is 2. The molecule has 0 radical (unpaired) electrons. The number of nitrogens with one attached hydrogen (secondary N) is 3. The number of amides is 1. The van der Waals surface area contributed by atoms with E-state index >= 15 is 0 Å². The van der Waals surface area contributed by atoms with Gasteiger partial charge < -0.3 is 20.4 Å². The molecule has 0 spiro atoms. The van der Waals surface area contributed by atoms with Crippen molar-refractivity contribution in [1.82, 2.24) is 15.3 Å². The Morgan fingerprint density at radius 2 is 1.46 bits per heavy atom. The summed E-state index contributed by atoms with van der Waals surface area (Å²) in [7, 11) is 0. The number of carboxylic acids is 1. The molecule has 0 saturated heterocycles. The number of carbonyl (C=O) groups is 2. The Hall–Kier alpha value is -3.54. The highest BCUT2D eigenvalue weighted by Crippen LogP contribution is 2.20. The quantitative estimate of drug-likeness (QED) is 0.398. The van der Waals surface area contributed by atoms with Gasteiger partial charge in [-0.2, -0.15) is 0 Å². The van der Waals surface area contributed by atoms with Crippen molar-refractivity contribution in [2.45, 2.75) is 25.3 Å². The maximum Gasteiger partial charge on any atom is 0.326 e. The molecule has 2 aromatic carbocycles. The number of carbonyl (C=O) groups excluding carboxylic acids is 1. The monoisotopic (exact) mass is 375 g/mol. The summed E-state index contributed by atoms with van der Waals surface area (Å²) in [6.45, 7) is 0. The van der Waals surface area contributed by atoms with Crippen LogP contribution in [-0.2, 0) is 22.4 Å². The third-order valence-corrected chi connectivity index (χ3v) is 5.03. The van der Waals surface area contributed by atoms with E-state index in [1.807, 2.05) is 54.7 Å². The lowest BCUT2D eigenvalue weighted by atomic mass is 10.0. The van der Waals surface area contributed by atoms with Crippen LogP contribution in [0.3, 0.4) is 0 Å². The van der Waals surface area contributed by atoms with Crippen molar-refractivity contribution in [2.24, 2.45) is 0 Å². The number of hydrogen-bond acceptors (Lipinski definition) is 2. The average Bonchev–Trinajstić information content (AvgIpc) is 3.30. The van der Waals surface area contributed by atoms with E-state index in [1.165, 1.54) is 0 Å². The number of para-hydroxylation sites is 2. The van der Waals surface area contributed by atoms with Gasteiger partial charge in [0.1, 0.15) is 6.04 Å². The third-order valence-electron chi connectivity index (χ3n) is 5.03. The minimum absolute atomic E-state index is 0.234. The zero-order valence-electron chi connectivity index (χ0n) is 15.2. The zero-order valence-corrected chi connectivity index (χ0v) is 15.2. The van der Waals surface area contributed by atoms with Crippen molar-refractivity contribution < 1.29 is 14.7 Å². The molecule has 28 heavy (non-hydrogen) atoms. The molecule has 0 aliphatic carbocycles. The van der Waals surface area contributed by atoms with Gasteiger partial charge in [0, 0.05) is 47.0 Å². The molecule has 4 aromatic rings. The number of fused-ring (bicyclic) bond motifs is 2. The van der Waals surface area contributed by atoms with Crippen LogP contribution in [0.5, 0.6) is 0 Å². The maximum absolute atomic E-state index is 12.4. The molecule has 6 heteroatoms. The summed E-state index contributed by atoms with van der Waals surface area (Å²) < 4.78 is 0. The summed E-state index contributed by atoms with van der Waals surface area (Å²) in [4.78, 5) is 30.4. The molecule has 6 nitrogen and oxygen atoms in total. The summed E-state index contributed by atoms with van der Waals surface area (Å²) in [5.74, 6) is -1.30. The number of aryl methyl sites for hydroxylation is 1. The molecule has 0 unspecified atom stereocenters. The van der Waals surface area contributed by atoms with E-state index in [9.17, 15) is 14.7 Å². The van der Waals surface area contributed by atoms with Gasteiger partial charge in [0.15, 0.2) is 0 Å². The highest BCUT2D eigenvalue weighted by Gasteiger charge is 2.22. The van der Waals surface area contributed by atoms with E-state index in [0.29, 0.717) is 6.42 Å². The van der Waals surface area contributed by atoms with Gasteiger partial charge >= 0.3 is 5.97 Å². The fourth-order valence-electron chi connectivity index (χ4n) is 3.57. The molecule has 0 fully saturated rings. The van der Waals surface area contributed by atoms with Crippen molar-refractivity contribution in [3.63, 3.8) is 0 Å². The molecule has 1 atom stereocenters. The van der Waals surface area contributed by atoms with Gasteiger partial charge in [-0.3, -0.25) is 4.79 Å². The van der Waals surface area contributed by atoms with Crippen molar-refractivity contribution >= 4 is 33.7 Å². The van der Waals surface area contributed by atoms with Crippen LogP contribution in [0.15, 0.2) is 60.9 Å². The number of benzene rings is 2. The van der Waals surface area contributed by atoms with Crippen molar-refractivity contribution in [2.75, 3.05) is 0 Å². The number of aromatic nitrogens is 2. The molecule has 0 saturated carbocycles. The predicted octanol–water partition coefficient (Wildman–Crippen LogP) is 3.39. The first-order valence-corrected chi connectivity index (χ1v) is 9.24. The highest BCUT2D eigenvalue weighted by molar-refractivity contribution is 5.87. The van der Waals surface area contributed by atoms with Gasteiger partial charge in [-0.15, -0.1) is 0 Å². The fraction of sp³-hybridized carbons (Fsp3) is 0.182. The van der Waals surface area contributed by atoms with E-state index in [2.05, 4.69) is 15.3 Å². The normalized spacial score (nSPS) is 12.3. The molecule has 4 N–H and O–H groups in total.